The quantitative estimate of drug-likeness (QED) is 0.892. The number of hydrogen-bond acceptors (Lipinski definition) is 2. The van der Waals surface area contributed by atoms with Gasteiger partial charge in [0.15, 0.2) is 0 Å². The fourth-order valence-corrected chi connectivity index (χ4v) is 2.09. The first-order chi connectivity index (χ1) is 10.6. The predicted octanol–water partition coefficient (Wildman–Crippen LogP) is 2.94. The van der Waals surface area contributed by atoms with E-state index in [-0.39, 0.29) is 25.1 Å². The van der Waals surface area contributed by atoms with Crippen molar-refractivity contribution in [3.05, 3.63) is 71.5 Å². The number of aliphatic carboxylic acids is 1. The second-order valence-corrected chi connectivity index (χ2v) is 4.84. The van der Waals surface area contributed by atoms with E-state index in [0.717, 1.165) is 5.56 Å². The molecule has 0 heterocycles. The fourth-order valence-electron chi connectivity index (χ4n) is 2.09. The number of carbonyl (C=O) groups excluding carboxylic acids is 1. The second kappa shape index (κ2) is 7.36. The van der Waals surface area contributed by atoms with Crippen LogP contribution in [0.1, 0.15) is 22.3 Å². The van der Waals surface area contributed by atoms with Crippen LogP contribution < -0.4 is 0 Å². The molecule has 2 aromatic carbocycles. The molecule has 22 heavy (non-hydrogen) atoms. The van der Waals surface area contributed by atoms with Crippen LogP contribution in [-0.4, -0.2) is 28.4 Å². The van der Waals surface area contributed by atoms with Gasteiger partial charge in [0.25, 0.3) is 5.91 Å². The minimum absolute atomic E-state index is 0.0252. The summed E-state index contributed by atoms with van der Waals surface area (Å²) in [4.78, 5) is 24.6. The highest BCUT2D eigenvalue weighted by Crippen LogP contribution is 2.13. The van der Waals surface area contributed by atoms with Crippen molar-refractivity contribution in [3.63, 3.8) is 0 Å². The molecule has 114 valence electrons. The number of carbonyl (C=O) groups is 2. The van der Waals surface area contributed by atoms with Crippen molar-refractivity contribution in [2.24, 2.45) is 0 Å². The average Bonchev–Trinajstić information content (AvgIpc) is 2.52. The monoisotopic (exact) mass is 301 g/mol. The van der Waals surface area contributed by atoms with E-state index < -0.39 is 17.7 Å². The molecule has 0 radical (unpaired) electrons. The minimum Gasteiger partial charge on any atom is -0.481 e. The largest absolute Gasteiger partial charge is 0.481 e. The summed E-state index contributed by atoms with van der Waals surface area (Å²) in [6.07, 6.45) is -0.187. The Bertz CT molecular complexity index is 658. The van der Waals surface area contributed by atoms with E-state index in [9.17, 15) is 14.0 Å². The third-order valence-electron chi connectivity index (χ3n) is 3.20. The van der Waals surface area contributed by atoms with Crippen molar-refractivity contribution in [1.29, 1.82) is 0 Å². The zero-order chi connectivity index (χ0) is 15.9. The zero-order valence-corrected chi connectivity index (χ0v) is 11.9. The van der Waals surface area contributed by atoms with E-state index >= 15 is 0 Å². The van der Waals surface area contributed by atoms with Crippen LogP contribution in [0, 0.1) is 5.82 Å². The summed E-state index contributed by atoms with van der Waals surface area (Å²) < 4.78 is 13.8. The lowest BCUT2D eigenvalue weighted by molar-refractivity contribution is -0.137. The van der Waals surface area contributed by atoms with Gasteiger partial charge in [-0.2, -0.15) is 0 Å². The molecule has 2 rings (SSSR count). The van der Waals surface area contributed by atoms with Gasteiger partial charge in [-0.15, -0.1) is 0 Å². The first-order valence-electron chi connectivity index (χ1n) is 6.87. The van der Waals surface area contributed by atoms with Crippen molar-refractivity contribution in [2.75, 3.05) is 6.54 Å². The number of amides is 1. The number of rotatable bonds is 6. The summed E-state index contributed by atoms with van der Waals surface area (Å²) in [5, 5.41) is 8.82. The molecule has 0 saturated carbocycles. The van der Waals surface area contributed by atoms with E-state index in [4.69, 9.17) is 5.11 Å². The fraction of sp³-hybridized carbons (Fsp3) is 0.176. The van der Waals surface area contributed by atoms with Crippen LogP contribution in [0.5, 0.6) is 0 Å². The average molecular weight is 301 g/mol. The van der Waals surface area contributed by atoms with Gasteiger partial charge in [-0.3, -0.25) is 9.59 Å². The van der Waals surface area contributed by atoms with Gasteiger partial charge in [-0.25, -0.2) is 4.39 Å². The Labute approximate surface area is 127 Å². The van der Waals surface area contributed by atoms with Gasteiger partial charge in [0, 0.05) is 13.1 Å². The number of benzene rings is 2. The second-order valence-electron chi connectivity index (χ2n) is 4.84. The van der Waals surface area contributed by atoms with E-state index in [1.165, 1.54) is 23.1 Å². The lowest BCUT2D eigenvalue weighted by atomic mass is 10.1. The summed E-state index contributed by atoms with van der Waals surface area (Å²) >= 11 is 0. The third kappa shape index (κ3) is 4.15. The SMILES string of the molecule is O=C(O)CCN(Cc1ccccc1)C(=O)c1ccccc1F. The first-order valence-corrected chi connectivity index (χ1v) is 6.87. The molecule has 0 aliphatic carbocycles. The van der Waals surface area contributed by atoms with Gasteiger partial charge in [-0.05, 0) is 17.7 Å². The van der Waals surface area contributed by atoms with Crippen LogP contribution in [0.15, 0.2) is 54.6 Å². The molecule has 0 bridgehead atoms. The predicted molar refractivity (Wildman–Crippen MR) is 79.8 cm³/mol. The van der Waals surface area contributed by atoms with Gasteiger partial charge < -0.3 is 10.0 Å². The van der Waals surface area contributed by atoms with E-state index in [0.29, 0.717) is 0 Å². The lowest BCUT2D eigenvalue weighted by Gasteiger charge is -2.22. The molecule has 0 spiro atoms. The molecule has 1 N–H and O–H groups in total. The van der Waals surface area contributed by atoms with Crippen LogP contribution in [0.3, 0.4) is 0 Å². The maximum Gasteiger partial charge on any atom is 0.305 e. The number of hydrogen-bond donors (Lipinski definition) is 1. The highest BCUT2D eigenvalue weighted by molar-refractivity contribution is 5.94. The van der Waals surface area contributed by atoms with Gasteiger partial charge in [-0.1, -0.05) is 42.5 Å². The molecule has 0 aliphatic rings. The summed E-state index contributed by atoms with van der Waals surface area (Å²) in [5.74, 6) is -2.12. The maximum absolute atomic E-state index is 13.8. The molecule has 0 saturated heterocycles. The highest BCUT2D eigenvalue weighted by atomic mass is 19.1. The van der Waals surface area contributed by atoms with Crippen molar-refractivity contribution in [3.8, 4) is 0 Å². The van der Waals surface area contributed by atoms with Crippen LogP contribution in [0.2, 0.25) is 0 Å². The Balaban J connectivity index is 2.21. The van der Waals surface area contributed by atoms with Gasteiger partial charge in [0.2, 0.25) is 0 Å². The number of halogens is 1. The normalized spacial score (nSPS) is 10.2. The van der Waals surface area contributed by atoms with E-state index in [1.54, 1.807) is 6.07 Å². The molecular weight excluding hydrogens is 285 g/mol. The van der Waals surface area contributed by atoms with Crippen LogP contribution in [-0.2, 0) is 11.3 Å². The van der Waals surface area contributed by atoms with Crippen LogP contribution in [0.4, 0.5) is 4.39 Å². The van der Waals surface area contributed by atoms with E-state index in [2.05, 4.69) is 0 Å². The molecule has 0 fully saturated rings. The smallest absolute Gasteiger partial charge is 0.305 e. The molecular formula is C17H16FNO3. The standard InChI is InChI=1S/C17H16FNO3/c18-15-9-5-4-8-14(15)17(22)19(11-10-16(20)21)12-13-6-2-1-3-7-13/h1-9H,10-12H2,(H,20,21). The first kappa shape index (κ1) is 15.7. The van der Waals surface area contributed by atoms with E-state index in [1.807, 2.05) is 30.3 Å². The minimum atomic E-state index is -1.00. The molecule has 1 amide bonds. The summed E-state index contributed by atoms with van der Waals surface area (Å²) in [7, 11) is 0. The highest BCUT2D eigenvalue weighted by Gasteiger charge is 2.19. The van der Waals surface area contributed by atoms with Crippen LogP contribution >= 0.6 is 0 Å². The van der Waals surface area contributed by atoms with Gasteiger partial charge in [0.1, 0.15) is 5.82 Å². The Morgan fingerprint density at radius 3 is 2.27 bits per heavy atom. The Morgan fingerprint density at radius 2 is 1.64 bits per heavy atom. The lowest BCUT2D eigenvalue weighted by Crippen LogP contribution is -2.33. The van der Waals surface area contributed by atoms with Crippen molar-refractivity contribution < 1.29 is 19.1 Å². The molecule has 0 atom stereocenters. The van der Waals surface area contributed by atoms with Crippen LogP contribution in [0.25, 0.3) is 0 Å². The molecule has 0 aromatic heterocycles. The Kier molecular flexibility index (Phi) is 5.25. The molecule has 0 aliphatic heterocycles. The van der Waals surface area contributed by atoms with Crippen molar-refractivity contribution in [2.45, 2.75) is 13.0 Å². The van der Waals surface area contributed by atoms with Gasteiger partial charge >= 0.3 is 5.97 Å². The number of carboxylic acid groups (broad SMARTS) is 1. The Morgan fingerprint density at radius 1 is 1.00 bits per heavy atom. The molecule has 0 unspecified atom stereocenters. The summed E-state index contributed by atoms with van der Waals surface area (Å²) in [6, 6.07) is 14.9. The summed E-state index contributed by atoms with van der Waals surface area (Å²) in [6.45, 7) is 0.263. The Hall–Kier alpha value is -2.69. The van der Waals surface area contributed by atoms with Gasteiger partial charge in [0.05, 0.1) is 12.0 Å². The number of carboxylic acids is 1. The topological polar surface area (TPSA) is 57.6 Å². The van der Waals surface area contributed by atoms with Crippen molar-refractivity contribution in [1.82, 2.24) is 4.90 Å². The van der Waals surface area contributed by atoms with Crippen molar-refractivity contribution >= 4 is 11.9 Å². The number of nitrogens with zero attached hydrogens (tertiary/aromatic N) is 1. The third-order valence-corrected chi connectivity index (χ3v) is 3.20. The maximum atomic E-state index is 13.8. The molecule has 4 nitrogen and oxygen atoms in total. The molecule has 5 heteroatoms. The summed E-state index contributed by atoms with van der Waals surface area (Å²) in [5.41, 5.74) is 0.807. The molecule has 2 aromatic rings. The zero-order valence-electron chi connectivity index (χ0n) is 11.9.